The number of benzene rings is 1. The molecule has 0 N–H and O–H groups in total. The molecule has 1 fully saturated rings. The highest BCUT2D eigenvalue weighted by atomic mass is 32.2. The molecule has 0 aromatic heterocycles. The quantitative estimate of drug-likeness (QED) is 0.779. The molecule has 138 valence electrons. The van der Waals surface area contributed by atoms with Gasteiger partial charge in [-0.15, -0.1) is 13.2 Å². The van der Waals surface area contributed by atoms with E-state index in [4.69, 9.17) is 4.74 Å². The second-order valence-corrected chi connectivity index (χ2v) is 7.08. The number of allylic oxidation sites excluding steroid dienone is 2. The van der Waals surface area contributed by atoms with Crippen molar-refractivity contribution in [2.75, 3.05) is 6.61 Å². The van der Waals surface area contributed by atoms with Crippen LogP contribution >= 0.6 is 0 Å². The predicted octanol–water partition coefficient (Wildman–Crippen LogP) is 1.52. The van der Waals surface area contributed by atoms with Crippen LogP contribution in [0.15, 0.2) is 53.5 Å². The molecule has 0 atom stereocenters. The zero-order valence-corrected chi connectivity index (χ0v) is 13.6. The van der Waals surface area contributed by atoms with E-state index in [1.54, 1.807) is 0 Å². The van der Waals surface area contributed by atoms with Gasteiger partial charge < -0.3 is 9.47 Å². The minimum atomic E-state index is -4.92. The molecule has 3 rings (SSSR count). The summed E-state index contributed by atoms with van der Waals surface area (Å²) in [6, 6.07) is 3.36. The van der Waals surface area contributed by atoms with Crippen molar-refractivity contribution in [1.29, 1.82) is 0 Å². The molecule has 1 aromatic rings. The number of nitrogens with zero attached hydrogens (tertiary/aromatic N) is 1. The van der Waals surface area contributed by atoms with Gasteiger partial charge in [-0.3, -0.25) is 9.59 Å². The molecular formula is C15H10F3NO6S. The maximum Gasteiger partial charge on any atom is 0.573 e. The van der Waals surface area contributed by atoms with Gasteiger partial charge in [0.25, 0.3) is 15.9 Å². The smallest absolute Gasteiger partial charge is 0.406 e. The average Bonchev–Trinajstić information content (AvgIpc) is 2.87. The van der Waals surface area contributed by atoms with Crippen LogP contribution in [0.5, 0.6) is 5.75 Å². The van der Waals surface area contributed by atoms with Crippen LogP contribution in [-0.4, -0.2) is 43.1 Å². The molecule has 1 heterocycles. The number of ketones is 1. The van der Waals surface area contributed by atoms with Crippen LogP contribution < -0.4 is 4.74 Å². The van der Waals surface area contributed by atoms with Crippen molar-refractivity contribution in [3.05, 3.63) is 48.6 Å². The van der Waals surface area contributed by atoms with E-state index in [1.165, 1.54) is 0 Å². The minimum Gasteiger partial charge on any atom is -0.406 e. The van der Waals surface area contributed by atoms with E-state index < -0.39 is 51.1 Å². The molecule has 0 radical (unpaired) electrons. The number of rotatable bonds is 3. The Balaban J connectivity index is 1.96. The molecule has 1 spiro atoms. The van der Waals surface area contributed by atoms with Crippen LogP contribution in [0.25, 0.3) is 0 Å². The van der Waals surface area contributed by atoms with Crippen molar-refractivity contribution in [3.8, 4) is 5.75 Å². The van der Waals surface area contributed by atoms with Crippen LogP contribution in [0.3, 0.4) is 0 Å². The summed E-state index contributed by atoms with van der Waals surface area (Å²) in [4.78, 5) is 22.9. The third-order valence-corrected chi connectivity index (χ3v) is 5.38. The van der Waals surface area contributed by atoms with Crippen LogP contribution in [-0.2, 0) is 24.3 Å². The fourth-order valence-electron chi connectivity index (χ4n) is 2.48. The van der Waals surface area contributed by atoms with E-state index in [9.17, 15) is 31.2 Å². The maximum atomic E-state index is 12.8. The number of sulfonamides is 1. The summed E-state index contributed by atoms with van der Waals surface area (Å²) in [5.41, 5.74) is -1.79. The summed E-state index contributed by atoms with van der Waals surface area (Å²) in [5.74, 6) is -1.91. The Hall–Kier alpha value is -2.66. The molecule has 11 heteroatoms. The summed E-state index contributed by atoms with van der Waals surface area (Å²) in [7, 11) is -4.47. The van der Waals surface area contributed by atoms with Crippen molar-refractivity contribution in [2.24, 2.45) is 0 Å². The first-order chi connectivity index (χ1) is 12.0. The molecule has 7 nitrogen and oxygen atoms in total. The maximum absolute atomic E-state index is 12.8. The lowest BCUT2D eigenvalue weighted by Gasteiger charge is -2.31. The summed E-state index contributed by atoms with van der Waals surface area (Å²) in [6.45, 7) is -0.544. The topological polar surface area (TPSA) is 90.0 Å². The molecule has 1 saturated heterocycles. The van der Waals surface area contributed by atoms with Gasteiger partial charge >= 0.3 is 6.36 Å². The van der Waals surface area contributed by atoms with Gasteiger partial charge in [0.1, 0.15) is 12.4 Å². The van der Waals surface area contributed by atoms with Crippen molar-refractivity contribution in [3.63, 3.8) is 0 Å². The Morgan fingerprint density at radius 3 is 2.19 bits per heavy atom. The number of halogens is 3. The van der Waals surface area contributed by atoms with Gasteiger partial charge in [0, 0.05) is 0 Å². The highest BCUT2D eigenvalue weighted by Gasteiger charge is 2.51. The summed E-state index contributed by atoms with van der Waals surface area (Å²) < 4.78 is 71.6. The third kappa shape index (κ3) is 3.22. The number of carbonyl (C=O) groups excluding carboxylic acids is 2. The highest BCUT2D eigenvalue weighted by molar-refractivity contribution is 7.89. The Morgan fingerprint density at radius 1 is 1.08 bits per heavy atom. The zero-order valence-electron chi connectivity index (χ0n) is 12.8. The largest absolute Gasteiger partial charge is 0.573 e. The molecule has 0 saturated carbocycles. The summed E-state index contributed by atoms with van der Waals surface area (Å²) in [6.07, 6.45) is -0.561. The van der Waals surface area contributed by atoms with Crippen LogP contribution in [0.2, 0.25) is 0 Å². The summed E-state index contributed by atoms with van der Waals surface area (Å²) >= 11 is 0. The monoisotopic (exact) mass is 389 g/mol. The van der Waals surface area contributed by atoms with Gasteiger partial charge in [0.05, 0.1) is 4.90 Å². The number of ether oxygens (including phenoxy) is 2. The van der Waals surface area contributed by atoms with Gasteiger partial charge in [0.15, 0.2) is 11.5 Å². The van der Waals surface area contributed by atoms with E-state index in [-0.39, 0.29) is 0 Å². The van der Waals surface area contributed by atoms with E-state index in [2.05, 4.69) is 4.74 Å². The molecule has 1 amide bonds. The van der Waals surface area contributed by atoms with Gasteiger partial charge in [0.2, 0.25) is 0 Å². The van der Waals surface area contributed by atoms with Crippen molar-refractivity contribution < 1.29 is 40.7 Å². The first kappa shape index (κ1) is 18.1. The normalized spacial score (nSPS) is 19.4. The molecule has 2 aliphatic rings. The third-order valence-electron chi connectivity index (χ3n) is 3.54. The lowest BCUT2D eigenvalue weighted by atomic mass is 10.1. The standard InChI is InChI=1S/C15H10F3NO6S/c16-15(17,18)25-11-1-3-12(4-2-11)26(22,23)19-13(21)9-24-14(19)7-5-10(20)6-8-14/h1-8H,9H2. The fourth-order valence-corrected chi connectivity index (χ4v) is 4.04. The second kappa shape index (κ2) is 5.95. The number of hydrogen-bond donors (Lipinski definition) is 0. The van der Waals surface area contributed by atoms with Gasteiger partial charge in [-0.05, 0) is 48.6 Å². The van der Waals surface area contributed by atoms with Crippen molar-refractivity contribution >= 4 is 21.7 Å². The van der Waals surface area contributed by atoms with E-state index in [0.717, 1.165) is 48.6 Å². The number of hydrogen-bond acceptors (Lipinski definition) is 6. The lowest BCUT2D eigenvalue weighted by molar-refractivity contribution is -0.274. The summed E-state index contributed by atoms with van der Waals surface area (Å²) in [5, 5.41) is 0. The van der Waals surface area contributed by atoms with Crippen molar-refractivity contribution in [1.82, 2.24) is 4.31 Å². The zero-order chi connectivity index (χ0) is 19.2. The Morgan fingerprint density at radius 2 is 1.65 bits per heavy atom. The van der Waals surface area contributed by atoms with Crippen molar-refractivity contribution in [2.45, 2.75) is 17.0 Å². The van der Waals surface area contributed by atoms with Gasteiger partial charge in [-0.1, -0.05) is 0 Å². The SMILES string of the molecule is O=C1C=CC2(C=C1)OCC(=O)N2S(=O)(=O)c1ccc(OC(F)(F)F)cc1. The molecule has 0 bridgehead atoms. The predicted molar refractivity (Wildman–Crippen MR) is 79.1 cm³/mol. The van der Waals surface area contributed by atoms with Crippen LogP contribution in [0.1, 0.15) is 0 Å². The highest BCUT2D eigenvalue weighted by Crippen LogP contribution is 2.35. The molecule has 0 unspecified atom stereocenters. The molecule has 1 aromatic carbocycles. The number of carbonyl (C=O) groups is 2. The number of amides is 1. The molecule has 1 aliphatic heterocycles. The van der Waals surface area contributed by atoms with Gasteiger partial charge in [-0.25, -0.2) is 8.42 Å². The van der Waals surface area contributed by atoms with E-state index >= 15 is 0 Å². The number of alkyl halides is 3. The van der Waals surface area contributed by atoms with Gasteiger partial charge in [-0.2, -0.15) is 4.31 Å². The molecule has 1 aliphatic carbocycles. The average molecular weight is 389 g/mol. The first-order valence-electron chi connectivity index (χ1n) is 7.04. The molecule has 26 heavy (non-hydrogen) atoms. The fraction of sp³-hybridized carbons (Fsp3) is 0.200. The minimum absolute atomic E-state index is 0.412. The first-order valence-corrected chi connectivity index (χ1v) is 8.48. The Bertz CT molecular complexity index is 902. The van der Waals surface area contributed by atoms with E-state index in [0.29, 0.717) is 4.31 Å². The van der Waals surface area contributed by atoms with E-state index in [1.807, 2.05) is 0 Å². The lowest BCUT2D eigenvalue weighted by Crippen LogP contribution is -2.48. The van der Waals surface area contributed by atoms with Crippen LogP contribution in [0.4, 0.5) is 13.2 Å². The Labute approximate surface area is 145 Å². The second-order valence-electron chi connectivity index (χ2n) is 5.29. The van der Waals surface area contributed by atoms with Crippen LogP contribution in [0, 0.1) is 0 Å². The molecular weight excluding hydrogens is 379 g/mol. The Kier molecular flexibility index (Phi) is 4.15.